The minimum atomic E-state index is -0.626. The molecule has 0 spiro atoms. The Kier molecular flexibility index (Phi) is 5.28. The first-order valence-electron chi connectivity index (χ1n) is 8.38. The lowest BCUT2D eigenvalue weighted by atomic mass is 10.1. The summed E-state index contributed by atoms with van der Waals surface area (Å²) in [6.07, 6.45) is 0.511. The van der Waals surface area contributed by atoms with Crippen molar-refractivity contribution in [1.82, 2.24) is 20.4 Å². The van der Waals surface area contributed by atoms with Crippen LogP contribution in [0.5, 0.6) is 0 Å². The number of urea groups is 1. The maximum Gasteiger partial charge on any atom is 0.322 e. The highest BCUT2D eigenvalue weighted by Gasteiger charge is 2.30. The zero-order valence-corrected chi connectivity index (χ0v) is 13.8. The SMILES string of the molecule is O=C1NC(=O)[C@@H](CCC(=O)N2CCN(Cc3ccccc3F)CC2)N1. The largest absolute Gasteiger partial charge is 0.340 e. The quantitative estimate of drug-likeness (QED) is 0.758. The molecule has 134 valence electrons. The molecule has 4 amide bonds. The third kappa shape index (κ3) is 4.33. The number of nitrogens with one attached hydrogen (secondary N) is 2. The van der Waals surface area contributed by atoms with Crippen molar-refractivity contribution in [2.75, 3.05) is 26.2 Å². The minimum absolute atomic E-state index is 0.0282. The summed E-state index contributed by atoms with van der Waals surface area (Å²) in [4.78, 5) is 38.7. The summed E-state index contributed by atoms with van der Waals surface area (Å²) in [7, 11) is 0. The standard InChI is InChI=1S/C17H21FN4O3/c18-13-4-2-1-3-12(13)11-21-7-9-22(10-8-21)15(23)6-5-14-16(24)20-17(25)19-14/h1-4,14H,5-11H2,(H2,19,20,24,25)/t14-/m1/s1. The fourth-order valence-electron chi connectivity index (χ4n) is 3.11. The molecule has 3 rings (SSSR count). The second kappa shape index (κ2) is 7.60. The average Bonchev–Trinajstić information content (AvgIpc) is 2.93. The first-order valence-corrected chi connectivity index (χ1v) is 8.38. The first-order chi connectivity index (χ1) is 12.0. The molecule has 2 saturated heterocycles. The molecule has 0 unspecified atom stereocenters. The van der Waals surface area contributed by atoms with Crippen LogP contribution in [0.1, 0.15) is 18.4 Å². The molecule has 0 saturated carbocycles. The van der Waals surface area contributed by atoms with E-state index in [-0.39, 0.29) is 24.1 Å². The summed E-state index contributed by atoms with van der Waals surface area (Å²) in [6.45, 7) is 3.05. The van der Waals surface area contributed by atoms with E-state index < -0.39 is 12.1 Å². The highest BCUT2D eigenvalue weighted by Crippen LogP contribution is 2.13. The monoisotopic (exact) mass is 348 g/mol. The molecule has 8 heteroatoms. The van der Waals surface area contributed by atoms with Crippen LogP contribution in [0.2, 0.25) is 0 Å². The third-order valence-corrected chi connectivity index (χ3v) is 4.58. The van der Waals surface area contributed by atoms with E-state index >= 15 is 0 Å². The molecule has 0 aromatic heterocycles. The lowest BCUT2D eigenvalue weighted by molar-refractivity contribution is -0.133. The zero-order chi connectivity index (χ0) is 17.8. The van der Waals surface area contributed by atoms with Crippen molar-refractivity contribution in [2.24, 2.45) is 0 Å². The van der Waals surface area contributed by atoms with Crippen LogP contribution in [0.3, 0.4) is 0 Å². The number of benzene rings is 1. The predicted molar refractivity (Wildman–Crippen MR) is 88.0 cm³/mol. The van der Waals surface area contributed by atoms with Crippen molar-refractivity contribution in [3.8, 4) is 0 Å². The summed E-state index contributed by atoms with van der Waals surface area (Å²) in [5.74, 6) is -0.620. The fraction of sp³-hybridized carbons (Fsp3) is 0.471. The van der Waals surface area contributed by atoms with Gasteiger partial charge in [-0.2, -0.15) is 0 Å². The number of hydrogen-bond donors (Lipinski definition) is 2. The maximum absolute atomic E-state index is 13.7. The molecule has 25 heavy (non-hydrogen) atoms. The molecule has 1 aromatic carbocycles. The number of hydrogen-bond acceptors (Lipinski definition) is 4. The van der Waals surface area contributed by atoms with Crippen LogP contribution in [0, 0.1) is 5.82 Å². The van der Waals surface area contributed by atoms with Crippen molar-refractivity contribution in [3.63, 3.8) is 0 Å². The van der Waals surface area contributed by atoms with E-state index in [0.717, 1.165) is 0 Å². The number of imide groups is 1. The van der Waals surface area contributed by atoms with Crippen LogP contribution in [-0.2, 0) is 16.1 Å². The highest BCUT2D eigenvalue weighted by molar-refractivity contribution is 6.04. The molecule has 2 fully saturated rings. The van der Waals surface area contributed by atoms with E-state index in [9.17, 15) is 18.8 Å². The van der Waals surface area contributed by atoms with E-state index in [1.165, 1.54) is 6.07 Å². The predicted octanol–water partition coefficient (Wildman–Crippen LogP) is 0.458. The minimum Gasteiger partial charge on any atom is -0.340 e. The third-order valence-electron chi connectivity index (χ3n) is 4.58. The van der Waals surface area contributed by atoms with Gasteiger partial charge in [-0.3, -0.25) is 19.8 Å². The Hall–Kier alpha value is -2.48. The van der Waals surface area contributed by atoms with Crippen molar-refractivity contribution in [2.45, 2.75) is 25.4 Å². The molecular formula is C17H21FN4O3. The Morgan fingerprint density at radius 2 is 1.88 bits per heavy atom. The van der Waals surface area contributed by atoms with E-state index in [1.807, 2.05) is 6.07 Å². The van der Waals surface area contributed by atoms with Crippen LogP contribution in [-0.4, -0.2) is 59.9 Å². The van der Waals surface area contributed by atoms with Crippen molar-refractivity contribution in [3.05, 3.63) is 35.6 Å². The van der Waals surface area contributed by atoms with Gasteiger partial charge in [-0.1, -0.05) is 18.2 Å². The summed E-state index contributed by atoms with van der Waals surface area (Å²) in [5, 5.41) is 4.64. The molecule has 0 aliphatic carbocycles. The number of carbonyl (C=O) groups excluding carboxylic acids is 3. The van der Waals surface area contributed by atoms with Gasteiger partial charge in [-0.15, -0.1) is 0 Å². The van der Waals surface area contributed by atoms with Gasteiger partial charge < -0.3 is 10.2 Å². The van der Waals surface area contributed by atoms with Gasteiger partial charge in [0.15, 0.2) is 0 Å². The number of rotatable bonds is 5. The van der Waals surface area contributed by atoms with E-state index in [2.05, 4.69) is 15.5 Å². The smallest absolute Gasteiger partial charge is 0.322 e. The van der Waals surface area contributed by atoms with Gasteiger partial charge in [0, 0.05) is 44.7 Å². The van der Waals surface area contributed by atoms with Crippen LogP contribution in [0.25, 0.3) is 0 Å². The lowest BCUT2D eigenvalue weighted by Crippen LogP contribution is -2.48. The van der Waals surface area contributed by atoms with Gasteiger partial charge in [0.25, 0.3) is 5.91 Å². The fourth-order valence-corrected chi connectivity index (χ4v) is 3.11. The Morgan fingerprint density at radius 1 is 1.16 bits per heavy atom. The van der Waals surface area contributed by atoms with Crippen LogP contribution in [0.4, 0.5) is 9.18 Å². The number of halogens is 1. The number of carbonyl (C=O) groups is 3. The highest BCUT2D eigenvalue weighted by atomic mass is 19.1. The topological polar surface area (TPSA) is 81.8 Å². The molecular weight excluding hydrogens is 327 g/mol. The molecule has 2 heterocycles. The molecule has 2 aliphatic rings. The first kappa shape index (κ1) is 17.3. The number of amides is 4. The second-order valence-corrected chi connectivity index (χ2v) is 6.30. The van der Waals surface area contributed by atoms with Crippen molar-refractivity contribution < 1.29 is 18.8 Å². The van der Waals surface area contributed by atoms with E-state index in [4.69, 9.17) is 0 Å². The Labute approximate surface area is 145 Å². The zero-order valence-electron chi connectivity index (χ0n) is 13.8. The summed E-state index contributed by atoms with van der Waals surface area (Å²) in [6, 6.07) is 5.57. The summed E-state index contributed by atoms with van der Waals surface area (Å²) in [5.41, 5.74) is 0.658. The van der Waals surface area contributed by atoms with Gasteiger partial charge in [-0.25, -0.2) is 9.18 Å². The molecule has 1 aromatic rings. The average molecular weight is 348 g/mol. The Balaban J connectivity index is 1.42. The van der Waals surface area contributed by atoms with Gasteiger partial charge in [0.1, 0.15) is 11.9 Å². The van der Waals surface area contributed by atoms with Crippen molar-refractivity contribution >= 4 is 17.8 Å². The molecule has 0 radical (unpaired) electrons. The summed E-state index contributed by atoms with van der Waals surface area (Å²) < 4.78 is 13.7. The molecule has 1 atom stereocenters. The molecule has 2 aliphatic heterocycles. The molecule has 7 nitrogen and oxygen atoms in total. The Bertz CT molecular complexity index is 674. The van der Waals surface area contributed by atoms with Crippen LogP contribution in [0.15, 0.2) is 24.3 Å². The van der Waals surface area contributed by atoms with Crippen molar-refractivity contribution in [1.29, 1.82) is 0 Å². The van der Waals surface area contributed by atoms with Crippen LogP contribution >= 0.6 is 0 Å². The molecule has 2 N–H and O–H groups in total. The van der Waals surface area contributed by atoms with E-state index in [1.54, 1.807) is 17.0 Å². The van der Waals surface area contributed by atoms with Crippen LogP contribution < -0.4 is 10.6 Å². The number of nitrogens with zero attached hydrogens (tertiary/aromatic N) is 2. The van der Waals surface area contributed by atoms with E-state index in [0.29, 0.717) is 44.7 Å². The summed E-state index contributed by atoms with van der Waals surface area (Å²) >= 11 is 0. The molecule has 0 bridgehead atoms. The van der Waals surface area contributed by atoms with Gasteiger partial charge in [-0.05, 0) is 12.5 Å². The van der Waals surface area contributed by atoms with Gasteiger partial charge >= 0.3 is 6.03 Å². The van der Waals surface area contributed by atoms with Gasteiger partial charge in [0.05, 0.1) is 0 Å². The second-order valence-electron chi connectivity index (χ2n) is 6.30. The Morgan fingerprint density at radius 3 is 2.52 bits per heavy atom. The number of piperazine rings is 1. The normalized spacial score (nSPS) is 21.2. The maximum atomic E-state index is 13.7. The lowest BCUT2D eigenvalue weighted by Gasteiger charge is -2.35. The van der Waals surface area contributed by atoms with Gasteiger partial charge in [0.2, 0.25) is 5.91 Å².